The maximum Gasteiger partial charge on any atom is 0.142 e. The first kappa shape index (κ1) is 15.5. The Morgan fingerprint density at radius 3 is 2.52 bits per heavy atom. The summed E-state index contributed by atoms with van der Waals surface area (Å²) in [6, 6.07) is 9.95. The summed E-state index contributed by atoms with van der Waals surface area (Å²) in [6.07, 6.45) is 5.33. The van der Waals surface area contributed by atoms with Gasteiger partial charge < -0.3 is 0 Å². The average Bonchev–Trinajstić information content (AvgIpc) is 2.96. The van der Waals surface area contributed by atoms with Gasteiger partial charge in [0.15, 0.2) is 0 Å². The largest absolute Gasteiger partial charge is 0.299 e. The first-order valence-electron chi connectivity index (χ1n) is 7.55. The summed E-state index contributed by atoms with van der Waals surface area (Å²) in [4.78, 5) is 12.5. The lowest BCUT2D eigenvalue weighted by molar-refractivity contribution is -0.123. The molecule has 1 aromatic heterocycles. The Hall–Kier alpha value is -1.90. The van der Waals surface area contributed by atoms with E-state index in [0.717, 1.165) is 17.7 Å². The molecule has 1 aromatic carbocycles. The fraction of sp³-hybridized carbons (Fsp3) is 0.444. The van der Waals surface area contributed by atoms with Crippen molar-refractivity contribution in [3.63, 3.8) is 0 Å². The van der Waals surface area contributed by atoms with Crippen molar-refractivity contribution in [1.82, 2.24) is 9.78 Å². The zero-order valence-corrected chi connectivity index (χ0v) is 13.3. The second-order valence-corrected chi connectivity index (χ2v) is 6.49. The van der Waals surface area contributed by atoms with Crippen molar-refractivity contribution in [2.45, 2.75) is 46.0 Å². The number of carbonyl (C=O) groups excluding carboxylic acids is 1. The molecule has 2 rings (SSSR count). The van der Waals surface area contributed by atoms with Gasteiger partial charge in [0.25, 0.3) is 0 Å². The second-order valence-electron chi connectivity index (χ2n) is 6.49. The topological polar surface area (TPSA) is 34.9 Å². The predicted molar refractivity (Wildman–Crippen MR) is 85.7 cm³/mol. The van der Waals surface area contributed by atoms with Crippen molar-refractivity contribution in [2.75, 3.05) is 0 Å². The van der Waals surface area contributed by atoms with Gasteiger partial charge in [0.05, 0.1) is 17.3 Å². The smallest absolute Gasteiger partial charge is 0.142 e. The Morgan fingerprint density at radius 1 is 1.24 bits per heavy atom. The van der Waals surface area contributed by atoms with Gasteiger partial charge in [-0.2, -0.15) is 5.10 Å². The zero-order chi connectivity index (χ0) is 15.5. The summed E-state index contributed by atoms with van der Waals surface area (Å²) in [6.45, 7) is 8.27. The van der Waals surface area contributed by atoms with E-state index in [-0.39, 0.29) is 5.78 Å². The van der Waals surface area contributed by atoms with Gasteiger partial charge in [0.2, 0.25) is 0 Å². The molecular formula is C18H24N2O. The van der Waals surface area contributed by atoms with Gasteiger partial charge in [0, 0.05) is 18.2 Å². The Bertz CT molecular complexity index is 597. The van der Waals surface area contributed by atoms with Crippen LogP contribution in [0.15, 0.2) is 42.7 Å². The molecule has 0 atom stereocenters. The fourth-order valence-corrected chi connectivity index (χ4v) is 2.26. The first-order chi connectivity index (χ1) is 9.91. The van der Waals surface area contributed by atoms with Crippen LogP contribution >= 0.6 is 0 Å². The summed E-state index contributed by atoms with van der Waals surface area (Å²) in [7, 11) is 0. The maximum atomic E-state index is 12.5. The molecule has 0 aliphatic rings. The molecule has 3 heteroatoms. The van der Waals surface area contributed by atoms with Crippen LogP contribution in [0.3, 0.4) is 0 Å². The number of carbonyl (C=O) groups is 1. The number of para-hydroxylation sites is 1. The van der Waals surface area contributed by atoms with E-state index in [9.17, 15) is 4.79 Å². The monoisotopic (exact) mass is 284 g/mol. The van der Waals surface area contributed by atoms with Crippen molar-refractivity contribution in [1.29, 1.82) is 0 Å². The number of ketones is 1. The molecule has 0 N–H and O–H groups in total. The van der Waals surface area contributed by atoms with Gasteiger partial charge in [-0.15, -0.1) is 0 Å². The molecule has 0 unspecified atom stereocenters. The Kier molecular flexibility index (Phi) is 4.61. The highest BCUT2D eigenvalue weighted by atomic mass is 16.1. The van der Waals surface area contributed by atoms with Gasteiger partial charge >= 0.3 is 0 Å². The van der Waals surface area contributed by atoms with Crippen LogP contribution in [0, 0.1) is 5.92 Å². The molecule has 21 heavy (non-hydrogen) atoms. The van der Waals surface area contributed by atoms with Crippen LogP contribution in [0.5, 0.6) is 0 Å². The van der Waals surface area contributed by atoms with Gasteiger partial charge in [0.1, 0.15) is 5.78 Å². The molecule has 0 spiro atoms. The number of aromatic nitrogens is 2. The Balaban J connectivity index is 2.18. The molecular weight excluding hydrogens is 260 g/mol. The van der Waals surface area contributed by atoms with Crippen molar-refractivity contribution < 1.29 is 4.79 Å². The minimum Gasteiger partial charge on any atom is -0.299 e. The Labute approximate surface area is 127 Å². The zero-order valence-electron chi connectivity index (χ0n) is 13.3. The molecule has 112 valence electrons. The van der Waals surface area contributed by atoms with Gasteiger partial charge in [-0.1, -0.05) is 32.0 Å². The number of hydrogen-bond acceptors (Lipinski definition) is 2. The van der Waals surface area contributed by atoms with Crippen LogP contribution in [0.2, 0.25) is 0 Å². The number of nitrogens with zero attached hydrogens (tertiary/aromatic N) is 2. The number of rotatable bonds is 6. The maximum absolute atomic E-state index is 12.5. The third kappa shape index (κ3) is 3.60. The van der Waals surface area contributed by atoms with Crippen LogP contribution < -0.4 is 0 Å². The molecule has 0 aliphatic carbocycles. The standard InChI is InChI=1S/C18H24N2O/c1-14(2)10-11-17(21)18(3,4)15-12-19-20(13-15)16-8-6-5-7-9-16/h5-9,12-14H,10-11H2,1-4H3. The van der Waals surface area contributed by atoms with Gasteiger partial charge in [-0.3, -0.25) is 4.79 Å². The molecule has 0 aliphatic heterocycles. The molecule has 0 radical (unpaired) electrons. The van der Waals surface area contributed by atoms with Gasteiger partial charge in [-0.25, -0.2) is 4.68 Å². The van der Waals surface area contributed by atoms with E-state index in [0.29, 0.717) is 12.3 Å². The Morgan fingerprint density at radius 2 is 1.90 bits per heavy atom. The molecule has 0 saturated heterocycles. The van der Waals surface area contributed by atoms with E-state index in [1.54, 1.807) is 6.20 Å². The van der Waals surface area contributed by atoms with Crippen molar-refractivity contribution in [3.8, 4) is 5.69 Å². The highest BCUT2D eigenvalue weighted by Gasteiger charge is 2.30. The van der Waals surface area contributed by atoms with Crippen molar-refractivity contribution >= 4 is 5.78 Å². The lowest BCUT2D eigenvalue weighted by Crippen LogP contribution is -2.28. The van der Waals surface area contributed by atoms with E-state index in [2.05, 4.69) is 18.9 Å². The van der Waals surface area contributed by atoms with Crippen LogP contribution in [0.4, 0.5) is 0 Å². The molecule has 0 bridgehead atoms. The summed E-state index contributed by atoms with van der Waals surface area (Å²) in [5.41, 5.74) is 1.50. The van der Waals surface area contributed by atoms with Crippen LogP contribution in [0.25, 0.3) is 5.69 Å². The third-order valence-corrected chi connectivity index (χ3v) is 3.97. The highest BCUT2D eigenvalue weighted by Crippen LogP contribution is 2.27. The summed E-state index contributed by atoms with van der Waals surface area (Å²) >= 11 is 0. The molecule has 3 nitrogen and oxygen atoms in total. The fourth-order valence-electron chi connectivity index (χ4n) is 2.26. The normalized spacial score (nSPS) is 11.9. The van der Waals surface area contributed by atoms with Crippen LogP contribution in [-0.2, 0) is 10.2 Å². The van der Waals surface area contributed by atoms with Crippen LogP contribution in [-0.4, -0.2) is 15.6 Å². The summed E-state index contributed by atoms with van der Waals surface area (Å²) in [5, 5.41) is 4.39. The third-order valence-electron chi connectivity index (χ3n) is 3.97. The predicted octanol–water partition coefficient (Wildman–Crippen LogP) is 4.16. The summed E-state index contributed by atoms with van der Waals surface area (Å²) in [5.74, 6) is 0.834. The lowest BCUT2D eigenvalue weighted by atomic mass is 9.80. The number of hydrogen-bond donors (Lipinski definition) is 0. The highest BCUT2D eigenvalue weighted by molar-refractivity contribution is 5.89. The lowest BCUT2D eigenvalue weighted by Gasteiger charge is -2.22. The molecule has 0 amide bonds. The van der Waals surface area contributed by atoms with Gasteiger partial charge in [-0.05, 0) is 38.3 Å². The quantitative estimate of drug-likeness (QED) is 0.798. The number of Topliss-reactive ketones (excluding diaryl/α,β-unsaturated/α-hetero) is 1. The molecule has 2 aromatic rings. The van der Waals surface area contributed by atoms with E-state index < -0.39 is 5.41 Å². The van der Waals surface area contributed by atoms with Crippen molar-refractivity contribution in [2.24, 2.45) is 5.92 Å². The molecule has 0 fully saturated rings. The van der Waals surface area contributed by atoms with Crippen LogP contribution in [0.1, 0.15) is 46.1 Å². The SMILES string of the molecule is CC(C)CCC(=O)C(C)(C)c1cnn(-c2ccccc2)c1. The van der Waals surface area contributed by atoms with E-state index in [1.165, 1.54) is 0 Å². The average molecular weight is 284 g/mol. The van der Waals surface area contributed by atoms with E-state index >= 15 is 0 Å². The molecule has 1 heterocycles. The summed E-state index contributed by atoms with van der Waals surface area (Å²) < 4.78 is 1.83. The minimum atomic E-state index is -0.484. The van der Waals surface area contributed by atoms with E-state index in [4.69, 9.17) is 0 Å². The first-order valence-corrected chi connectivity index (χ1v) is 7.55. The number of benzene rings is 1. The second kappa shape index (κ2) is 6.25. The minimum absolute atomic E-state index is 0.281. The van der Waals surface area contributed by atoms with E-state index in [1.807, 2.05) is 55.1 Å². The van der Waals surface area contributed by atoms with Crippen molar-refractivity contribution in [3.05, 3.63) is 48.3 Å². The molecule has 0 saturated carbocycles.